The average Bonchev–Trinajstić information content (AvgIpc) is 2.89. The SMILES string of the molecule is C=C(C)C(=O)OCCC(CCOC(=O)C(C)(C)CO)CC1CCC(c2ccc(CC/C=C/C)cc2)CC1. The van der Waals surface area contributed by atoms with Gasteiger partial charge in [-0.2, -0.15) is 0 Å². The average molecular weight is 513 g/mol. The number of carbonyl (C=O) groups excluding carboxylic acids is 2. The van der Waals surface area contributed by atoms with Crippen LogP contribution in [0.3, 0.4) is 0 Å². The summed E-state index contributed by atoms with van der Waals surface area (Å²) in [7, 11) is 0. The summed E-state index contributed by atoms with van der Waals surface area (Å²) in [6.07, 6.45) is 13.8. The monoisotopic (exact) mass is 512 g/mol. The van der Waals surface area contributed by atoms with Crippen molar-refractivity contribution in [3.05, 3.63) is 59.7 Å². The van der Waals surface area contributed by atoms with Crippen LogP contribution in [0.25, 0.3) is 0 Å². The molecule has 0 spiro atoms. The lowest BCUT2D eigenvalue weighted by atomic mass is 9.75. The van der Waals surface area contributed by atoms with Gasteiger partial charge < -0.3 is 14.6 Å². The van der Waals surface area contributed by atoms with Gasteiger partial charge in [-0.3, -0.25) is 4.79 Å². The fraction of sp³-hybridized carbons (Fsp3) is 0.625. The minimum absolute atomic E-state index is 0.242. The first-order valence-electron chi connectivity index (χ1n) is 14.0. The Bertz CT molecular complexity index is 875. The van der Waals surface area contributed by atoms with E-state index < -0.39 is 5.41 Å². The number of rotatable bonds is 15. The Hall–Kier alpha value is -2.40. The van der Waals surface area contributed by atoms with Gasteiger partial charge in [0.15, 0.2) is 0 Å². The first-order chi connectivity index (χ1) is 17.7. The van der Waals surface area contributed by atoms with Crippen molar-refractivity contribution in [1.82, 2.24) is 0 Å². The number of aliphatic hydroxyl groups excluding tert-OH is 1. The number of esters is 2. The van der Waals surface area contributed by atoms with Crippen LogP contribution >= 0.6 is 0 Å². The molecule has 0 aromatic heterocycles. The predicted octanol–water partition coefficient (Wildman–Crippen LogP) is 6.94. The van der Waals surface area contributed by atoms with Gasteiger partial charge in [-0.05, 0) is 114 Å². The summed E-state index contributed by atoms with van der Waals surface area (Å²) < 4.78 is 10.8. The van der Waals surface area contributed by atoms with Crippen LogP contribution < -0.4 is 0 Å². The van der Waals surface area contributed by atoms with Gasteiger partial charge in [-0.25, -0.2) is 4.79 Å². The Morgan fingerprint density at radius 1 is 1.08 bits per heavy atom. The maximum absolute atomic E-state index is 12.2. The van der Waals surface area contributed by atoms with E-state index in [1.807, 2.05) is 0 Å². The van der Waals surface area contributed by atoms with Gasteiger partial charge in [0, 0.05) is 5.57 Å². The molecule has 0 heterocycles. The zero-order chi connectivity index (χ0) is 27.3. The Kier molecular flexibility index (Phi) is 13.1. The zero-order valence-electron chi connectivity index (χ0n) is 23.5. The standard InChI is InChI=1S/C32H48O5/c1-6-7-8-9-25-10-14-28(15-11-25)29-16-12-26(13-17-29)22-27(18-20-36-30(34)24(2)3)19-21-37-31(35)32(4,5)23-33/h6-7,10-11,14-15,26-27,29,33H,2,8-9,12-13,16-23H2,1,3-5H3/b7-6+. The van der Waals surface area contributed by atoms with Crippen molar-refractivity contribution in [3.8, 4) is 0 Å². The molecule has 1 aromatic carbocycles. The summed E-state index contributed by atoms with van der Waals surface area (Å²) in [5.74, 6) is 0.820. The van der Waals surface area contributed by atoms with Gasteiger partial charge in [0.25, 0.3) is 0 Å². The number of benzene rings is 1. The highest BCUT2D eigenvalue weighted by atomic mass is 16.5. The van der Waals surface area contributed by atoms with Crippen molar-refractivity contribution in [2.75, 3.05) is 19.8 Å². The molecule has 1 unspecified atom stereocenters. The topological polar surface area (TPSA) is 72.8 Å². The summed E-state index contributed by atoms with van der Waals surface area (Å²) in [6.45, 7) is 11.1. The maximum atomic E-state index is 12.2. The van der Waals surface area contributed by atoms with E-state index in [0.717, 1.165) is 32.1 Å². The molecule has 1 aliphatic rings. The molecule has 206 valence electrons. The molecule has 1 atom stereocenters. The number of aliphatic hydroxyl groups is 1. The van der Waals surface area contributed by atoms with Crippen molar-refractivity contribution < 1.29 is 24.2 Å². The van der Waals surface area contributed by atoms with Crippen LogP contribution in [0.5, 0.6) is 0 Å². The Labute approximate surface area is 224 Å². The highest BCUT2D eigenvalue weighted by molar-refractivity contribution is 5.86. The third-order valence-electron chi connectivity index (χ3n) is 7.61. The summed E-state index contributed by atoms with van der Waals surface area (Å²) in [6, 6.07) is 9.20. The molecule has 1 fully saturated rings. The lowest BCUT2D eigenvalue weighted by molar-refractivity contribution is -0.156. The van der Waals surface area contributed by atoms with E-state index in [1.54, 1.807) is 20.8 Å². The smallest absolute Gasteiger partial charge is 0.333 e. The summed E-state index contributed by atoms with van der Waals surface area (Å²) >= 11 is 0. The quantitative estimate of drug-likeness (QED) is 0.157. The third kappa shape index (κ3) is 10.9. The van der Waals surface area contributed by atoms with E-state index in [9.17, 15) is 14.7 Å². The van der Waals surface area contributed by atoms with Crippen molar-refractivity contribution in [1.29, 1.82) is 0 Å². The number of allylic oxidation sites excluding steroid dienone is 2. The van der Waals surface area contributed by atoms with Crippen molar-refractivity contribution in [3.63, 3.8) is 0 Å². The fourth-order valence-electron chi connectivity index (χ4n) is 4.98. The van der Waals surface area contributed by atoms with Crippen LogP contribution in [0.4, 0.5) is 0 Å². The van der Waals surface area contributed by atoms with Crippen LogP contribution in [-0.4, -0.2) is 36.9 Å². The highest BCUT2D eigenvalue weighted by Gasteiger charge is 2.29. The summed E-state index contributed by atoms with van der Waals surface area (Å²) in [4.78, 5) is 24.0. The van der Waals surface area contributed by atoms with Crippen LogP contribution in [-0.2, 0) is 25.5 Å². The number of carbonyl (C=O) groups is 2. The lowest BCUT2D eigenvalue weighted by Gasteiger charge is -2.31. The molecule has 1 aliphatic carbocycles. The van der Waals surface area contributed by atoms with Crippen LogP contribution in [0.2, 0.25) is 0 Å². The number of hydrogen-bond donors (Lipinski definition) is 1. The van der Waals surface area contributed by atoms with Crippen molar-refractivity contribution in [2.24, 2.45) is 17.3 Å². The molecular weight excluding hydrogens is 464 g/mol. The van der Waals surface area contributed by atoms with E-state index in [4.69, 9.17) is 9.47 Å². The van der Waals surface area contributed by atoms with E-state index in [0.29, 0.717) is 36.5 Å². The van der Waals surface area contributed by atoms with Crippen LogP contribution in [0.1, 0.15) is 96.1 Å². The van der Waals surface area contributed by atoms with Gasteiger partial charge >= 0.3 is 11.9 Å². The molecule has 1 aromatic rings. The molecule has 1 N–H and O–H groups in total. The molecule has 37 heavy (non-hydrogen) atoms. The second kappa shape index (κ2) is 15.8. The first-order valence-corrected chi connectivity index (χ1v) is 14.0. The summed E-state index contributed by atoms with van der Waals surface area (Å²) in [5.41, 5.74) is 2.36. The predicted molar refractivity (Wildman–Crippen MR) is 149 cm³/mol. The summed E-state index contributed by atoms with van der Waals surface area (Å²) in [5, 5.41) is 9.40. The molecule has 0 amide bonds. The Morgan fingerprint density at radius 3 is 2.27 bits per heavy atom. The third-order valence-corrected chi connectivity index (χ3v) is 7.61. The lowest BCUT2D eigenvalue weighted by Crippen LogP contribution is -2.31. The maximum Gasteiger partial charge on any atom is 0.333 e. The fourth-order valence-corrected chi connectivity index (χ4v) is 4.98. The molecule has 2 rings (SSSR count). The number of aryl methyl sites for hydroxylation is 1. The largest absolute Gasteiger partial charge is 0.465 e. The molecule has 0 saturated heterocycles. The molecule has 0 aliphatic heterocycles. The van der Waals surface area contributed by atoms with Crippen LogP contribution in [0.15, 0.2) is 48.6 Å². The van der Waals surface area contributed by atoms with E-state index in [2.05, 4.69) is 49.9 Å². The molecule has 5 nitrogen and oxygen atoms in total. The van der Waals surface area contributed by atoms with E-state index in [1.165, 1.54) is 36.8 Å². The first kappa shape index (κ1) is 30.8. The van der Waals surface area contributed by atoms with Crippen molar-refractivity contribution in [2.45, 2.75) is 91.4 Å². The highest BCUT2D eigenvalue weighted by Crippen LogP contribution is 2.39. The second-order valence-corrected chi connectivity index (χ2v) is 11.3. The molecule has 5 heteroatoms. The second-order valence-electron chi connectivity index (χ2n) is 11.3. The van der Waals surface area contributed by atoms with Gasteiger partial charge in [-0.15, -0.1) is 0 Å². The van der Waals surface area contributed by atoms with Crippen molar-refractivity contribution >= 4 is 11.9 Å². The molecule has 1 saturated carbocycles. The van der Waals surface area contributed by atoms with E-state index >= 15 is 0 Å². The van der Waals surface area contributed by atoms with Crippen LogP contribution in [0, 0.1) is 17.3 Å². The molecule has 0 bridgehead atoms. The van der Waals surface area contributed by atoms with Gasteiger partial charge in [0.2, 0.25) is 0 Å². The van der Waals surface area contributed by atoms with E-state index in [-0.39, 0.29) is 18.5 Å². The minimum Gasteiger partial charge on any atom is -0.465 e. The number of ether oxygens (including phenoxy) is 2. The minimum atomic E-state index is -0.893. The van der Waals surface area contributed by atoms with Gasteiger partial charge in [-0.1, -0.05) is 43.0 Å². The molecular formula is C32H48O5. The van der Waals surface area contributed by atoms with Gasteiger partial charge in [0.05, 0.1) is 25.2 Å². The zero-order valence-corrected chi connectivity index (χ0v) is 23.5. The Morgan fingerprint density at radius 2 is 1.70 bits per heavy atom. The van der Waals surface area contributed by atoms with Gasteiger partial charge in [0.1, 0.15) is 0 Å². The normalized spacial score (nSPS) is 18.9. The Balaban J connectivity index is 1.86. The molecule has 0 radical (unpaired) electrons. The number of hydrogen-bond acceptors (Lipinski definition) is 5.